The molecule has 0 aromatic rings. The second-order valence-electron chi connectivity index (χ2n) is 0.929. The van der Waals surface area contributed by atoms with Gasteiger partial charge in [-0.25, -0.2) is 0 Å². The largest absolute Gasteiger partial charge is 0.373 e. The number of halogens is 2. The number of alkyl halides is 1. The molecule has 0 rings (SSSR count). The highest BCUT2D eigenvalue weighted by Gasteiger charge is 1.94. The van der Waals surface area contributed by atoms with Crippen LogP contribution in [0.2, 0.25) is 0 Å². The normalized spacial score (nSPS) is 7.25. The highest BCUT2D eigenvalue weighted by atomic mass is 79.9. The Balaban J connectivity index is 0. The molecule has 8 heavy (non-hydrogen) atoms. The van der Waals surface area contributed by atoms with E-state index in [-0.39, 0.29) is 17.0 Å². The van der Waals surface area contributed by atoms with Crippen molar-refractivity contribution in [2.45, 2.75) is 6.42 Å². The summed E-state index contributed by atoms with van der Waals surface area (Å²) in [6.07, 6.45) is 0.330. The molecular formula is C3H7Br2NO2. The fraction of sp³-hybridized carbons (Fsp3) is 0.667. The quantitative estimate of drug-likeness (QED) is 0.580. The molecule has 0 aromatic heterocycles. The molecule has 0 unspecified atom stereocenters. The molecule has 0 saturated carbocycles. The summed E-state index contributed by atoms with van der Waals surface area (Å²) >= 11 is 3.03. The molecule has 0 spiro atoms. The zero-order valence-corrected chi connectivity index (χ0v) is 7.39. The average molecular weight is 249 g/mol. The molecule has 0 bridgehead atoms. The van der Waals surface area contributed by atoms with Crippen LogP contribution in [0.3, 0.4) is 0 Å². The molecule has 0 heterocycles. The van der Waals surface area contributed by atoms with Crippen LogP contribution in [-0.2, 0) is 9.63 Å². The van der Waals surface area contributed by atoms with Crippen molar-refractivity contribution >= 4 is 38.9 Å². The third-order valence-corrected chi connectivity index (χ3v) is 0.827. The van der Waals surface area contributed by atoms with Gasteiger partial charge in [0.05, 0.1) is 6.42 Å². The Morgan fingerprint density at radius 3 is 2.38 bits per heavy atom. The Bertz CT molecular complexity index is 68.3. The lowest BCUT2D eigenvalue weighted by Crippen LogP contribution is -2.09. The van der Waals surface area contributed by atoms with Crippen LogP contribution < -0.4 is 5.90 Å². The fourth-order valence-corrected chi connectivity index (χ4v) is 0.460. The first-order valence-corrected chi connectivity index (χ1v) is 2.89. The molecule has 5 heteroatoms. The van der Waals surface area contributed by atoms with E-state index in [1.54, 1.807) is 0 Å². The van der Waals surface area contributed by atoms with Crippen LogP contribution in [0.25, 0.3) is 0 Å². The maximum Gasteiger partial charge on any atom is 0.325 e. The van der Waals surface area contributed by atoms with Gasteiger partial charge >= 0.3 is 5.97 Å². The Morgan fingerprint density at radius 1 is 1.75 bits per heavy atom. The van der Waals surface area contributed by atoms with Crippen molar-refractivity contribution in [1.82, 2.24) is 0 Å². The van der Waals surface area contributed by atoms with E-state index in [0.29, 0.717) is 11.8 Å². The van der Waals surface area contributed by atoms with E-state index in [2.05, 4.69) is 26.7 Å². The lowest BCUT2D eigenvalue weighted by atomic mass is 10.5. The summed E-state index contributed by atoms with van der Waals surface area (Å²) in [5.74, 6) is 4.10. The second kappa shape index (κ2) is 7.39. The van der Waals surface area contributed by atoms with Crippen LogP contribution in [0, 0.1) is 0 Å². The third-order valence-electron chi connectivity index (χ3n) is 0.430. The zero-order chi connectivity index (χ0) is 5.70. The molecule has 0 aliphatic rings. The maximum atomic E-state index is 10.0. The van der Waals surface area contributed by atoms with Crippen LogP contribution in [0.1, 0.15) is 6.42 Å². The number of carbonyl (C=O) groups is 1. The molecule has 0 radical (unpaired) electrons. The average Bonchev–Trinajstić information content (AvgIpc) is 1.68. The van der Waals surface area contributed by atoms with Gasteiger partial charge in [-0.05, 0) is 0 Å². The zero-order valence-electron chi connectivity index (χ0n) is 4.09. The molecule has 50 valence electrons. The van der Waals surface area contributed by atoms with Gasteiger partial charge in [-0.2, -0.15) is 5.90 Å². The third kappa shape index (κ3) is 6.39. The molecule has 0 saturated heterocycles. The minimum atomic E-state index is -0.392. The number of nitrogens with two attached hydrogens (primary N) is 1. The Hall–Kier alpha value is 0.390. The Morgan fingerprint density at radius 2 is 2.25 bits per heavy atom. The highest BCUT2D eigenvalue weighted by molar-refractivity contribution is 9.09. The lowest BCUT2D eigenvalue weighted by Gasteiger charge is -1.89. The molecule has 0 fully saturated rings. The van der Waals surface area contributed by atoms with E-state index >= 15 is 0 Å². The Kier molecular flexibility index (Phi) is 10.4. The van der Waals surface area contributed by atoms with Gasteiger partial charge in [-0.15, -0.1) is 17.0 Å². The van der Waals surface area contributed by atoms with Crippen molar-refractivity contribution in [2.75, 3.05) is 5.33 Å². The van der Waals surface area contributed by atoms with Gasteiger partial charge in [0, 0.05) is 5.33 Å². The van der Waals surface area contributed by atoms with E-state index in [9.17, 15) is 4.79 Å². The van der Waals surface area contributed by atoms with E-state index in [1.807, 2.05) is 0 Å². The minimum Gasteiger partial charge on any atom is -0.373 e. The van der Waals surface area contributed by atoms with Gasteiger partial charge in [0.1, 0.15) is 0 Å². The SMILES string of the molecule is Br.NOC(=O)CCBr. The summed E-state index contributed by atoms with van der Waals surface area (Å²) in [7, 11) is 0. The Labute approximate surface area is 66.4 Å². The number of hydrogen-bond donors (Lipinski definition) is 1. The standard InChI is InChI=1S/C3H6BrNO2.BrH/c4-2-1-3(6)7-5;/h1-2,5H2;1H. The van der Waals surface area contributed by atoms with Gasteiger partial charge in [-0.1, -0.05) is 15.9 Å². The highest BCUT2D eigenvalue weighted by Crippen LogP contribution is 1.86. The van der Waals surface area contributed by atoms with Crippen molar-refractivity contribution < 1.29 is 9.63 Å². The predicted octanol–water partition coefficient (Wildman–Crippen LogP) is 0.766. The monoisotopic (exact) mass is 247 g/mol. The van der Waals surface area contributed by atoms with E-state index in [1.165, 1.54) is 0 Å². The van der Waals surface area contributed by atoms with Crippen LogP contribution in [0.4, 0.5) is 0 Å². The van der Waals surface area contributed by atoms with Crippen molar-refractivity contribution in [1.29, 1.82) is 0 Å². The molecule has 0 atom stereocenters. The summed E-state index contributed by atoms with van der Waals surface area (Å²) in [5, 5.41) is 0.600. The lowest BCUT2D eigenvalue weighted by molar-refractivity contribution is -0.143. The van der Waals surface area contributed by atoms with Crippen LogP contribution in [0.15, 0.2) is 0 Å². The minimum absolute atomic E-state index is 0. The van der Waals surface area contributed by atoms with E-state index in [4.69, 9.17) is 0 Å². The summed E-state index contributed by atoms with van der Waals surface area (Å²) in [5.41, 5.74) is 0. The first kappa shape index (κ1) is 11.2. The molecule has 0 aromatic carbocycles. The second-order valence-corrected chi connectivity index (χ2v) is 1.72. The van der Waals surface area contributed by atoms with Gasteiger partial charge in [0.15, 0.2) is 0 Å². The summed E-state index contributed by atoms with van der Waals surface area (Å²) in [6.45, 7) is 0. The van der Waals surface area contributed by atoms with Gasteiger partial charge < -0.3 is 4.84 Å². The van der Waals surface area contributed by atoms with Gasteiger partial charge in [0.2, 0.25) is 0 Å². The first-order chi connectivity index (χ1) is 3.31. The fourth-order valence-electron chi connectivity index (χ4n) is 0.136. The summed E-state index contributed by atoms with van der Waals surface area (Å²) in [6, 6.07) is 0. The molecule has 2 N–H and O–H groups in total. The molecule has 3 nitrogen and oxygen atoms in total. The van der Waals surface area contributed by atoms with Crippen molar-refractivity contribution in [3.8, 4) is 0 Å². The van der Waals surface area contributed by atoms with E-state index in [0.717, 1.165) is 0 Å². The van der Waals surface area contributed by atoms with Crippen molar-refractivity contribution in [3.05, 3.63) is 0 Å². The molecule has 0 aliphatic carbocycles. The number of rotatable bonds is 2. The van der Waals surface area contributed by atoms with E-state index < -0.39 is 5.97 Å². The van der Waals surface area contributed by atoms with Crippen molar-refractivity contribution in [3.63, 3.8) is 0 Å². The summed E-state index contributed by atoms with van der Waals surface area (Å²) in [4.78, 5) is 13.9. The van der Waals surface area contributed by atoms with Crippen LogP contribution >= 0.6 is 32.9 Å². The van der Waals surface area contributed by atoms with Gasteiger partial charge in [-0.3, -0.25) is 4.79 Å². The molecule has 0 amide bonds. The maximum absolute atomic E-state index is 10.0. The smallest absolute Gasteiger partial charge is 0.325 e. The summed E-state index contributed by atoms with van der Waals surface area (Å²) < 4.78 is 0. The predicted molar refractivity (Wildman–Crippen MR) is 39.0 cm³/mol. The first-order valence-electron chi connectivity index (χ1n) is 1.76. The van der Waals surface area contributed by atoms with Crippen LogP contribution in [0.5, 0.6) is 0 Å². The van der Waals surface area contributed by atoms with Crippen molar-refractivity contribution in [2.24, 2.45) is 5.90 Å². The van der Waals surface area contributed by atoms with Crippen LogP contribution in [-0.4, -0.2) is 11.3 Å². The molecule has 0 aliphatic heterocycles. The molecular weight excluding hydrogens is 242 g/mol. The topological polar surface area (TPSA) is 52.3 Å². The van der Waals surface area contributed by atoms with Gasteiger partial charge in [0.25, 0.3) is 0 Å². The number of hydrogen-bond acceptors (Lipinski definition) is 3. The number of carbonyl (C=O) groups excluding carboxylic acids is 1.